The zero-order valence-corrected chi connectivity index (χ0v) is 18.7. The van der Waals surface area contributed by atoms with Crippen molar-refractivity contribution in [2.45, 2.75) is 25.4 Å². The number of amides is 1. The topological polar surface area (TPSA) is 70.0 Å². The highest BCUT2D eigenvalue weighted by atomic mass is 16.5. The Hall–Kier alpha value is -3.74. The maximum Gasteiger partial charge on any atom is 0.253 e. The number of carbonyl (C=O) groups is 2. The van der Waals surface area contributed by atoms with Gasteiger partial charge in [-0.25, -0.2) is 0 Å². The molecule has 3 aromatic rings. The van der Waals surface area contributed by atoms with Gasteiger partial charge < -0.3 is 23.7 Å². The first-order valence-corrected chi connectivity index (χ1v) is 11.1. The van der Waals surface area contributed by atoms with Gasteiger partial charge in [0.2, 0.25) is 0 Å². The maximum absolute atomic E-state index is 13.2. The first-order chi connectivity index (χ1) is 16.0. The summed E-state index contributed by atoms with van der Waals surface area (Å²) in [5, 5.41) is 0. The third kappa shape index (κ3) is 3.73. The summed E-state index contributed by atoms with van der Waals surface area (Å²) < 4.78 is 19.6. The highest BCUT2D eigenvalue weighted by Gasteiger charge is 2.44. The van der Waals surface area contributed by atoms with Crippen LogP contribution in [0.3, 0.4) is 0 Å². The van der Waals surface area contributed by atoms with Crippen molar-refractivity contribution in [2.24, 2.45) is 0 Å². The van der Waals surface area contributed by atoms with E-state index in [1.807, 2.05) is 29.2 Å². The van der Waals surface area contributed by atoms with Crippen LogP contribution in [0.5, 0.6) is 17.2 Å². The van der Waals surface area contributed by atoms with E-state index in [0.29, 0.717) is 43.0 Å². The number of hydrogen-bond acceptors (Lipinski definition) is 5. The summed E-state index contributed by atoms with van der Waals surface area (Å²) in [5.41, 5.74) is 2.25. The van der Waals surface area contributed by atoms with E-state index in [1.165, 1.54) is 14.0 Å². The Morgan fingerprint density at radius 1 is 1.03 bits per heavy atom. The lowest BCUT2D eigenvalue weighted by molar-refractivity contribution is -0.118. The molecule has 0 saturated carbocycles. The number of ketones is 1. The van der Waals surface area contributed by atoms with Crippen LogP contribution in [0.2, 0.25) is 0 Å². The van der Waals surface area contributed by atoms with Crippen molar-refractivity contribution in [2.75, 3.05) is 26.8 Å². The predicted octanol–water partition coefficient (Wildman–Crippen LogP) is 3.98. The van der Waals surface area contributed by atoms with E-state index in [0.717, 1.165) is 17.1 Å². The van der Waals surface area contributed by atoms with Gasteiger partial charge in [-0.1, -0.05) is 12.1 Å². The molecule has 1 aromatic heterocycles. The minimum Gasteiger partial charge on any atom is -0.493 e. The second-order valence-electron chi connectivity index (χ2n) is 8.48. The monoisotopic (exact) mass is 446 g/mol. The van der Waals surface area contributed by atoms with Gasteiger partial charge in [0, 0.05) is 37.7 Å². The minimum atomic E-state index is -0.448. The maximum atomic E-state index is 13.2. The quantitative estimate of drug-likeness (QED) is 0.593. The van der Waals surface area contributed by atoms with E-state index in [-0.39, 0.29) is 18.3 Å². The third-order valence-electron chi connectivity index (χ3n) is 6.35. The lowest BCUT2D eigenvalue weighted by Crippen LogP contribution is -2.50. The number of benzene rings is 2. The van der Waals surface area contributed by atoms with Crippen molar-refractivity contribution < 1.29 is 23.8 Å². The molecule has 1 fully saturated rings. The van der Waals surface area contributed by atoms with Gasteiger partial charge in [0.05, 0.1) is 18.5 Å². The molecule has 170 valence electrons. The number of para-hydroxylation sites is 2. The van der Waals surface area contributed by atoms with Crippen LogP contribution in [0.4, 0.5) is 0 Å². The number of nitrogens with zero attached hydrogens (tertiary/aromatic N) is 2. The average molecular weight is 447 g/mol. The number of hydrogen-bond donors (Lipinski definition) is 0. The zero-order valence-electron chi connectivity index (χ0n) is 18.7. The molecule has 2 aliphatic heterocycles. The van der Waals surface area contributed by atoms with Gasteiger partial charge in [0.15, 0.2) is 22.9 Å². The summed E-state index contributed by atoms with van der Waals surface area (Å²) in [4.78, 5) is 26.3. The molecule has 0 radical (unpaired) electrons. The summed E-state index contributed by atoms with van der Waals surface area (Å²) in [6.07, 6.45) is 3.47. The van der Waals surface area contributed by atoms with Crippen LogP contribution in [0.25, 0.3) is 5.69 Å². The fourth-order valence-corrected chi connectivity index (χ4v) is 4.68. The highest BCUT2D eigenvalue weighted by molar-refractivity contribution is 5.95. The van der Waals surface area contributed by atoms with E-state index < -0.39 is 5.60 Å². The van der Waals surface area contributed by atoms with E-state index in [1.54, 1.807) is 18.2 Å². The lowest BCUT2D eigenvalue weighted by Gasteiger charge is -2.45. The average Bonchev–Trinajstić information content (AvgIpc) is 3.34. The Labute approximate surface area is 192 Å². The Bertz CT molecular complexity index is 1210. The van der Waals surface area contributed by atoms with Crippen LogP contribution in [0.15, 0.2) is 60.8 Å². The number of rotatable bonds is 5. The summed E-state index contributed by atoms with van der Waals surface area (Å²) in [6.45, 7) is 2.58. The molecule has 2 aromatic carbocycles. The Morgan fingerprint density at radius 3 is 2.58 bits per heavy atom. The fourth-order valence-electron chi connectivity index (χ4n) is 4.68. The van der Waals surface area contributed by atoms with Crippen LogP contribution < -0.4 is 14.2 Å². The van der Waals surface area contributed by atoms with Crippen molar-refractivity contribution in [1.82, 2.24) is 9.47 Å². The van der Waals surface area contributed by atoms with Crippen LogP contribution in [0.1, 0.15) is 35.8 Å². The first-order valence-electron chi connectivity index (χ1n) is 11.1. The number of likely N-dealkylation sites (tertiary alicyclic amines) is 1. The Balaban J connectivity index is 1.33. The molecule has 1 saturated heterocycles. The molecule has 7 nitrogen and oxygen atoms in total. The number of fused-ring (bicyclic) bond motifs is 4. The Morgan fingerprint density at radius 2 is 1.82 bits per heavy atom. The van der Waals surface area contributed by atoms with Crippen LogP contribution >= 0.6 is 0 Å². The van der Waals surface area contributed by atoms with Gasteiger partial charge in [0.1, 0.15) is 12.4 Å². The largest absolute Gasteiger partial charge is 0.493 e. The standard InChI is InChI=1S/C26H26N2O5/c1-18(29)17-32-22-10-9-19(16-23(22)31-2)25(30)27-14-11-26(12-15-27)24-8-5-13-28(24)20-6-3-4-7-21(20)33-26/h3-10,13,16H,11-12,14-15,17H2,1-2H3. The lowest BCUT2D eigenvalue weighted by atomic mass is 9.86. The van der Waals surface area contributed by atoms with Crippen LogP contribution in [-0.2, 0) is 10.4 Å². The molecule has 0 unspecified atom stereocenters. The summed E-state index contributed by atoms with van der Waals surface area (Å²) in [5.74, 6) is 1.59. The molecule has 0 aliphatic carbocycles. The predicted molar refractivity (Wildman–Crippen MR) is 122 cm³/mol. The summed E-state index contributed by atoms with van der Waals surface area (Å²) in [6, 6.07) is 17.3. The van der Waals surface area contributed by atoms with Gasteiger partial charge in [0.25, 0.3) is 5.91 Å². The molecule has 0 bridgehead atoms. The number of ether oxygens (including phenoxy) is 3. The Kier molecular flexibility index (Phi) is 5.32. The van der Waals surface area contributed by atoms with Gasteiger partial charge in [-0.15, -0.1) is 0 Å². The molecule has 1 spiro atoms. The van der Waals surface area contributed by atoms with Crippen molar-refractivity contribution >= 4 is 11.7 Å². The molecule has 2 aliphatic rings. The smallest absolute Gasteiger partial charge is 0.253 e. The second-order valence-corrected chi connectivity index (χ2v) is 8.48. The van der Waals surface area contributed by atoms with E-state index in [2.05, 4.69) is 22.9 Å². The second kappa shape index (κ2) is 8.31. The van der Waals surface area contributed by atoms with Gasteiger partial charge in [-0.3, -0.25) is 9.59 Å². The molecular weight excluding hydrogens is 420 g/mol. The first kappa shape index (κ1) is 21.1. The molecule has 5 rings (SSSR count). The molecule has 0 atom stereocenters. The number of Topliss-reactive ketones (excluding diaryl/α,β-unsaturated/α-hetero) is 1. The molecule has 7 heteroatoms. The molecular formula is C26H26N2O5. The summed E-state index contributed by atoms with van der Waals surface area (Å²) >= 11 is 0. The van der Waals surface area contributed by atoms with Crippen LogP contribution in [-0.4, -0.2) is 48.0 Å². The normalized spacial score (nSPS) is 15.9. The highest BCUT2D eigenvalue weighted by Crippen LogP contribution is 2.45. The van der Waals surface area contributed by atoms with Crippen molar-refractivity contribution in [3.8, 4) is 22.9 Å². The van der Waals surface area contributed by atoms with Gasteiger partial charge in [-0.05, 0) is 49.4 Å². The molecule has 1 amide bonds. The van der Waals surface area contributed by atoms with Crippen molar-refractivity contribution in [3.05, 3.63) is 72.1 Å². The molecule has 33 heavy (non-hydrogen) atoms. The van der Waals surface area contributed by atoms with Gasteiger partial charge >= 0.3 is 0 Å². The van der Waals surface area contributed by atoms with E-state index >= 15 is 0 Å². The number of methoxy groups -OCH3 is 1. The molecule has 0 N–H and O–H groups in total. The minimum absolute atomic E-state index is 0.0390. The summed E-state index contributed by atoms with van der Waals surface area (Å²) in [7, 11) is 1.52. The number of piperidine rings is 1. The van der Waals surface area contributed by atoms with Gasteiger partial charge in [-0.2, -0.15) is 0 Å². The number of carbonyl (C=O) groups excluding carboxylic acids is 2. The fraction of sp³-hybridized carbons (Fsp3) is 0.308. The SMILES string of the molecule is COc1cc(C(=O)N2CCC3(CC2)Oc2ccccc2-n2cccc23)ccc1OCC(C)=O. The molecule has 3 heterocycles. The zero-order chi connectivity index (χ0) is 23.0. The van der Waals surface area contributed by atoms with Crippen LogP contribution in [0, 0.1) is 0 Å². The van der Waals surface area contributed by atoms with E-state index in [9.17, 15) is 9.59 Å². The van der Waals surface area contributed by atoms with Crippen molar-refractivity contribution in [1.29, 1.82) is 0 Å². The number of aromatic nitrogens is 1. The van der Waals surface area contributed by atoms with Crippen molar-refractivity contribution in [3.63, 3.8) is 0 Å². The van der Waals surface area contributed by atoms with E-state index in [4.69, 9.17) is 14.2 Å². The third-order valence-corrected chi connectivity index (χ3v) is 6.35.